The third kappa shape index (κ3) is 2.07. The molecule has 1 atom stereocenters. The number of hydrogen-bond acceptors (Lipinski definition) is 4. The van der Waals surface area contributed by atoms with E-state index in [0.29, 0.717) is 5.69 Å². The van der Waals surface area contributed by atoms with Gasteiger partial charge in [0.15, 0.2) is 0 Å². The van der Waals surface area contributed by atoms with Gasteiger partial charge in [-0.15, -0.1) is 11.3 Å². The van der Waals surface area contributed by atoms with Crippen molar-refractivity contribution in [1.82, 2.24) is 0 Å². The average Bonchev–Trinajstić information content (AvgIpc) is 2.87. The molecule has 6 heteroatoms. The van der Waals surface area contributed by atoms with Crippen LogP contribution in [0.3, 0.4) is 0 Å². The maximum Gasteiger partial charge on any atom is 0.310 e. The zero-order valence-electron chi connectivity index (χ0n) is 10.9. The first-order chi connectivity index (χ1) is 9.59. The zero-order chi connectivity index (χ0) is 14.3. The van der Waals surface area contributed by atoms with Crippen molar-refractivity contribution in [1.29, 1.82) is 0 Å². The lowest BCUT2D eigenvalue weighted by Crippen LogP contribution is -2.33. The Morgan fingerprint density at radius 2 is 2.25 bits per heavy atom. The molecule has 0 fully saturated rings. The van der Waals surface area contributed by atoms with Gasteiger partial charge in [-0.3, -0.25) is 10.1 Å². The fourth-order valence-electron chi connectivity index (χ4n) is 2.76. The quantitative estimate of drug-likeness (QED) is 0.609. The van der Waals surface area contributed by atoms with E-state index in [4.69, 9.17) is 11.6 Å². The molecule has 4 nitrogen and oxygen atoms in total. The Kier molecular flexibility index (Phi) is 3.40. The van der Waals surface area contributed by atoms with Crippen molar-refractivity contribution in [3.8, 4) is 0 Å². The molecule has 104 valence electrons. The molecule has 0 radical (unpaired) electrons. The number of para-hydroxylation sites is 1. The van der Waals surface area contributed by atoms with E-state index in [1.54, 1.807) is 29.5 Å². The van der Waals surface area contributed by atoms with Gasteiger partial charge in [-0.05, 0) is 42.5 Å². The van der Waals surface area contributed by atoms with E-state index >= 15 is 0 Å². The summed E-state index contributed by atoms with van der Waals surface area (Å²) in [5.74, 6) is 0. The Balaban J connectivity index is 2.07. The molecule has 1 aliphatic heterocycles. The van der Waals surface area contributed by atoms with Crippen molar-refractivity contribution in [3.63, 3.8) is 0 Å². The summed E-state index contributed by atoms with van der Waals surface area (Å²) in [5.41, 5.74) is 1.86. The zero-order valence-corrected chi connectivity index (χ0v) is 12.4. The Hall–Kier alpha value is -1.59. The number of hydrogen-bond donors (Lipinski definition) is 0. The highest BCUT2D eigenvalue weighted by Crippen LogP contribution is 2.42. The summed E-state index contributed by atoms with van der Waals surface area (Å²) in [7, 11) is 0. The molecule has 0 spiro atoms. The van der Waals surface area contributed by atoms with Crippen molar-refractivity contribution in [2.24, 2.45) is 0 Å². The molecule has 1 aromatic carbocycles. The second kappa shape index (κ2) is 5.07. The van der Waals surface area contributed by atoms with Crippen LogP contribution in [0, 0.1) is 10.1 Å². The second-order valence-corrected chi connectivity index (χ2v) is 6.19. The minimum Gasteiger partial charge on any atom is -0.359 e. The first-order valence-electron chi connectivity index (χ1n) is 6.35. The van der Waals surface area contributed by atoms with Crippen molar-refractivity contribution >= 4 is 34.3 Å². The average molecular weight is 309 g/mol. The van der Waals surface area contributed by atoms with Crippen LogP contribution < -0.4 is 4.90 Å². The van der Waals surface area contributed by atoms with Crippen molar-refractivity contribution in [2.45, 2.75) is 19.4 Å². The number of nitro benzene ring substituents is 1. The SMILES string of the molecule is CC1c2ccsc2CCN1c1cccc(Cl)c1[N+](=O)[O-]. The second-order valence-electron chi connectivity index (χ2n) is 4.78. The Labute approximate surface area is 125 Å². The van der Waals surface area contributed by atoms with E-state index in [1.165, 1.54) is 10.4 Å². The Morgan fingerprint density at radius 1 is 1.45 bits per heavy atom. The van der Waals surface area contributed by atoms with Crippen LogP contribution in [0.2, 0.25) is 5.02 Å². The highest BCUT2D eigenvalue weighted by atomic mass is 35.5. The number of thiophene rings is 1. The highest BCUT2D eigenvalue weighted by Gasteiger charge is 2.30. The van der Waals surface area contributed by atoms with Gasteiger partial charge in [0.05, 0.1) is 11.0 Å². The first kappa shape index (κ1) is 13.4. The summed E-state index contributed by atoms with van der Waals surface area (Å²) in [5, 5.41) is 13.6. The van der Waals surface area contributed by atoms with Gasteiger partial charge in [0, 0.05) is 11.4 Å². The summed E-state index contributed by atoms with van der Waals surface area (Å²) in [6, 6.07) is 7.33. The third-order valence-corrected chi connectivity index (χ3v) is 5.04. The van der Waals surface area contributed by atoms with Crippen LogP contribution in [0.5, 0.6) is 0 Å². The van der Waals surface area contributed by atoms with Gasteiger partial charge in [0.1, 0.15) is 10.7 Å². The first-order valence-corrected chi connectivity index (χ1v) is 7.61. The minimum atomic E-state index is -0.395. The predicted octanol–water partition coefficient (Wildman–Crippen LogP) is 4.43. The maximum absolute atomic E-state index is 11.3. The van der Waals surface area contributed by atoms with Crippen LogP contribution in [-0.4, -0.2) is 11.5 Å². The van der Waals surface area contributed by atoms with Crippen molar-refractivity contribution in [3.05, 3.63) is 55.2 Å². The summed E-state index contributed by atoms with van der Waals surface area (Å²) in [4.78, 5) is 14.3. The number of halogens is 1. The molecule has 0 saturated heterocycles. The van der Waals surface area contributed by atoms with Crippen LogP contribution in [-0.2, 0) is 6.42 Å². The summed E-state index contributed by atoms with van der Waals surface area (Å²) in [6.07, 6.45) is 0.918. The molecule has 1 unspecified atom stereocenters. The monoisotopic (exact) mass is 308 g/mol. The lowest BCUT2D eigenvalue weighted by Gasteiger charge is -2.35. The van der Waals surface area contributed by atoms with E-state index in [9.17, 15) is 10.1 Å². The molecule has 3 rings (SSSR count). The Morgan fingerprint density at radius 3 is 3.00 bits per heavy atom. The van der Waals surface area contributed by atoms with Gasteiger partial charge in [-0.1, -0.05) is 17.7 Å². The molecule has 0 N–H and O–H groups in total. The number of anilines is 1. The van der Waals surface area contributed by atoms with Crippen molar-refractivity contribution in [2.75, 3.05) is 11.4 Å². The molecular weight excluding hydrogens is 296 g/mol. The van der Waals surface area contributed by atoms with Crippen molar-refractivity contribution < 1.29 is 4.92 Å². The fraction of sp³-hybridized carbons (Fsp3) is 0.286. The van der Waals surface area contributed by atoms with Crippen LogP contribution in [0.1, 0.15) is 23.4 Å². The molecule has 2 aromatic rings. The van der Waals surface area contributed by atoms with Gasteiger partial charge in [0.25, 0.3) is 0 Å². The van der Waals surface area contributed by atoms with E-state index in [1.807, 2.05) is 0 Å². The topological polar surface area (TPSA) is 46.4 Å². The molecule has 20 heavy (non-hydrogen) atoms. The van der Waals surface area contributed by atoms with Crippen LogP contribution in [0.25, 0.3) is 0 Å². The molecule has 1 aliphatic rings. The minimum absolute atomic E-state index is 0.000281. The van der Waals surface area contributed by atoms with Gasteiger partial charge in [0.2, 0.25) is 0 Å². The van der Waals surface area contributed by atoms with E-state index in [-0.39, 0.29) is 16.8 Å². The predicted molar refractivity (Wildman–Crippen MR) is 81.9 cm³/mol. The standard InChI is InChI=1S/C14H13ClN2O2S/c1-9-10-6-8-20-13(10)5-7-16(9)12-4-2-3-11(15)14(12)17(18)19/h2-4,6,8-9H,5,7H2,1H3. The Bertz CT molecular complexity index is 671. The molecule has 0 aliphatic carbocycles. The normalized spacial score (nSPS) is 17.9. The van der Waals surface area contributed by atoms with Gasteiger partial charge >= 0.3 is 5.69 Å². The largest absolute Gasteiger partial charge is 0.359 e. The molecule has 1 aromatic heterocycles. The van der Waals surface area contributed by atoms with Crippen LogP contribution >= 0.6 is 22.9 Å². The molecule has 0 amide bonds. The number of nitrogens with zero attached hydrogens (tertiary/aromatic N) is 2. The maximum atomic E-state index is 11.3. The third-order valence-electron chi connectivity index (χ3n) is 3.73. The number of benzene rings is 1. The lowest BCUT2D eigenvalue weighted by atomic mass is 10.0. The smallest absolute Gasteiger partial charge is 0.310 e. The summed E-state index contributed by atoms with van der Waals surface area (Å²) in [6.45, 7) is 2.85. The molecule has 2 heterocycles. The van der Waals surface area contributed by atoms with Crippen LogP contribution in [0.15, 0.2) is 29.6 Å². The number of nitro groups is 1. The number of rotatable bonds is 2. The number of fused-ring (bicyclic) bond motifs is 1. The fourth-order valence-corrected chi connectivity index (χ4v) is 3.96. The van der Waals surface area contributed by atoms with E-state index < -0.39 is 4.92 Å². The van der Waals surface area contributed by atoms with Gasteiger partial charge in [-0.25, -0.2) is 0 Å². The van der Waals surface area contributed by atoms with Crippen LogP contribution in [0.4, 0.5) is 11.4 Å². The van der Waals surface area contributed by atoms with E-state index in [0.717, 1.165) is 13.0 Å². The lowest BCUT2D eigenvalue weighted by molar-refractivity contribution is -0.384. The van der Waals surface area contributed by atoms with Gasteiger partial charge in [-0.2, -0.15) is 0 Å². The van der Waals surface area contributed by atoms with Gasteiger partial charge < -0.3 is 4.90 Å². The van der Waals surface area contributed by atoms with E-state index in [2.05, 4.69) is 23.3 Å². The summed E-state index contributed by atoms with van der Waals surface area (Å²) >= 11 is 7.76. The molecule has 0 saturated carbocycles. The highest BCUT2D eigenvalue weighted by molar-refractivity contribution is 7.10. The molecule has 0 bridgehead atoms. The molecular formula is C14H13ClN2O2S. The summed E-state index contributed by atoms with van der Waals surface area (Å²) < 4.78 is 0.